The van der Waals surface area contributed by atoms with Gasteiger partial charge in [-0.1, -0.05) is 20.8 Å². The molecule has 1 atom stereocenters. The molecule has 20 heavy (non-hydrogen) atoms. The van der Waals surface area contributed by atoms with Crippen LogP contribution in [0.2, 0.25) is 0 Å². The first-order valence-electron chi connectivity index (χ1n) is 7.27. The molecule has 2 heterocycles. The summed E-state index contributed by atoms with van der Waals surface area (Å²) >= 11 is 0. The molecule has 1 aromatic rings. The molecular weight excluding hydrogens is 274 g/mol. The fourth-order valence-electron chi connectivity index (χ4n) is 2.99. The summed E-state index contributed by atoms with van der Waals surface area (Å²) in [6.45, 7) is 10.0. The van der Waals surface area contributed by atoms with E-state index in [1.54, 1.807) is 0 Å². The van der Waals surface area contributed by atoms with E-state index in [1.807, 2.05) is 17.8 Å². The van der Waals surface area contributed by atoms with E-state index in [9.17, 15) is 8.42 Å². The van der Waals surface area contributed by atoms with Crippen LogP contribution < -0.4 is 5.32 Å². The second-order valence-electron chi connectivity index (χ2n) is 6.24. The largest absolute Gasteiger partial charge is 0.313 e. The highest BCUT2D eigenvalue weighted by molar-refractivity contribution is 7.91. The van der Waals surface area contributed by atoms with Gasteiger partial charge in [-0.2, -0.15) is 5.10 Å². The number of sulfone groups is 1. The average molecular weight is 299 g/mol. The summed E-state index contributed by atoms with van der Waals surface area (Å²) in [6, 6.07) is 0. The Kier molecular flexibility index (Phi) is 4.25. The predicted molar refractivity (Wildman–Crippen MR) is 80.6 cm³/mol. The monoisotopic (exact) mass is 299 g/mol. The van der Waals surface area contributed by atoms with Crippen LogP contribution >= 0.6 is 0 Å². The summed E-state index contributed by atoms with van der Waals surface area (Å²) in [5, 5.41) is 7.84. The predicted octanol–water partition coefficient (Wildman–Crippen LogP) is 1.65. The topological polar surface area (TPSA) is 64.0 Å². The number of hydrogen-bond donors (Lipinski definition) is 1. The van der Waals surface area contributed by atoms with Crippen molar-refractivity contribution >= 4 is 9.84 Å². The molecule has 0 radical (unpaired) electrons. The van der Waals surface area contributed by atoms with Crippen molar-refractivity contribution in [1.82, 2.24) is 15.1 Å². The molecule has 1 aliphatic rings. The van der Waals surface area contributed by atoms with Gasteiger partial charge in [0.15, 0.2) is 9.84 Å². The minimum atomic E-state index is -2.93. The lowest BCUT2D eigenvalue weighted by Crippen LogP contribution is -2.34. The Morgan fingerprint density at radius 1 is 1.50 bits per heavy atom. The summed E-state index contributed by atoms with van der Waals surface area (Å²) in [7, 11) is -2.93. The van der Waals surface area contributed by atoms with Crippen molar-refractivity contribution < 1.29 is 8.42 Å². The number of nitrogens with zero attached hydrogens (tertiary/aromatic N) is 2. The molecule has 1 aliphatic heterocycles. The van der Waals surface area contributed by atoms with Crippen LogP contribution in [0, 0.1) is 0 Å². The van der Waals surface area contributed by atoms with Crippen molar-refractivity contribution in [2.45, 2.75) is 52.1 Å². The molecule has 6 heteroatoms. The van der Waals surface area contributed by atoms with Crippen molar-refractivity contribution in [3.8, 4) is 0 Å². The maximum Gasteiger partial charge on any atom is 0.152 e. The third kappa shape index (κ3) is 2.91. The van der Waals surface area contributed by atoms with E-state index in [-0.39, 0.29) is 11.5 Å². The Bertz CT molecular complexity index is 577. The van der Waals surface area contributed by atoms with Gasteiger partial charge in [-0.05, 0) is 25.8 Å². The normalized spacial score (nSPS) is 25.4. The third-order valence-electron chi connectivity index (χ3n) is 3.99. The van der Waals surface area contributed by atoms with Crippen LogP contribution in [0.15, 0.2) is 6.20 Å². The van der Waals surface area contributed by atoms with E-state index >= 15 is 0 Å². The summed E-state index contributed by atoms with van der Waals surface area (Å²) in [4.78, 5) is 0. The van der Waals surface area contributed by atoms with Gasteiger partial charge < -0.3 is 5.32 Å². The van der Waals surface area contributed by atoms with Crippen molar-refractivity contribution in [2.75, 3.05) is 18.1 Å². The van der Waals surface area contributed by atoms with E-state index in [0.29, 0.717) is 12.3 Å². The highest BCUT2D eigenvalue weighted by Gasteiger charge is 2.42. The first-order chi connectivity index (χ1) is 9.29. The van der Waals surface area contributed by atoms with Gasteiger partial charge in [0.2, 0.25) is 0 Å². The van der Waals surface area contributed by atoms with Gasteiger partial charge in [-0.3, -0.25) is 4.68 Å². The van der Waals surface area contributed by atoms with Crippen LogP contribution in [0.25, 0.3) is 0 Å². The molecule has 0 amide bonds. The van der Waals surface area contributed by atoms with E-state index in [2.05, 4.69) is 31.2 Å². The lowest BCUT2D eigenvalue weighted by Gasteiger charge is -2.27. The molecule has 0 spiro atoms. The fourth-order valence-corrected chi connectivity index (χ4v) is 5.10. The molecule has 1 unspecified atom stereocenters. The molecule has 114 valence electrons. The van der Waals surface area contributed by atoms with Crippen molar-refractivity contribution in [2.24, 2.45) is 0 Å². The molecule has 0 aromatic carbocycles. The summed E-state index contributed by atoms with van der Waals surface area (Å²) in [5.41, 5.74) is 1.93. The fraction of sp³-hybridized carbons (Fsp3) is 0.786. The van der Waals surface area contributed by atoms with Gasteiger partial charge in [-0.25, -0.2) is 8.42 Å². The van der Waals surface area contributed by atoms with Gasteiger partial charge in [-0.15, -0.1) is 0 Å². The van der Waals surface area contributed by atoms with Crippen LogP contribution in [0.5, 0.6) is 0 Å². The number of hydrogen-bond acceptors (Lipinski definition) is 4. The Morgan fingerprint density at radius 2 is 2.20 bits per heavy atom. The highest BCUT2D eigenvalue weighted by Crippen LogP contribution is 2.34. The summed E-state index contributed by atoms with van der Waals surface area (Å²) < 4.78 is 25.6. The summed E-state index contributed by atoms with van der Waals surface area (Å²) in [6.07, 6.45) is 2.53. The Labute approximate surface area is 121 Å². The average Bonchev–Trinajstić information content (AvgIpc) is 2.89. The maximum atomic E-state index is 11.8. The van der Waals surface area contributed by atoms with Gasteiger partial charge in [0.05, 0.1) is 23.2 Å². The standard InChI is InChI=1S/C14H25N3O2S/c1-5-15-8-12-9-16-17(13(12)11(2)3)14(4)6-7-20(18,19)10-14/h9,11,15H,5-8,10H2,1-4H3. The molecule has 2 rings (SSSR count). The molecule has 5 nitrogen and oxygen atoms in total. The number of rotatable bonds is 5. The van der Waals surface area contributed by atoms with Crippen molar-refractivity contribution in [3.05, 3.63) is 17.5 Å². The molecule has 1 N–H and O–H groups in total. The van der Waals surface area contributed by atoms with Gasteiger partial charge >= 0.3 is 0 Å². The van der Waals surface area contributed by atoms with E-state index in [0.717, 1.165) is 18.8 Å². The Hall–Kier alpha value is -0.880. The highest BCUT2D eigenvalue weighted by atomic mass is 32.2. The van der Waals surface area contributed by atoms with E-state index in [1.165, 1.54) is 5.56 Å². The lowest BCUT2D eigenvalue weighted by molar-refractivity contribution is 0.313. The SMILES string of the molecule is CCNCc1cnn(C2(C)CCS(=O)(=O)C2)c1C(C)C. The first-order valence-corrected chi connectivity index (χ1v) is 9.09. The zero-order valence-corrected chi connectivity index (χ0v) is 13.6. The first kappa shape index (κ1) is 15.5. The van der Waals surface area contributed by atoms with Crippen LogP contribution in [0.3, 0.4) is 0 Å². The van der Waals surface area contributed by atoms with Crippen molar-refractivity contribution in [1.29, 1.82) is 0 Å². The second kappa shape index (κ2) is 5.48. The zero-order valence-electron chi connectivity index (χ0n) is 12.8. The number of nitrogens with one attached hydrogen (secondary N) is 1. The quantitative estimate of drug-likeness (QED) is 0.898. The Morgan fingerprint density at radius 3 is 2.70 bits per heavy atom. The molecule has 0 saturated carbocycles. The van der Waals surface area contributed by atoms with Gasteiger partial charge in [0, 0.05) is 17.8 Å². The minimum Gasteiger partial charge on any atom is -0.313 e. The van der Waals surface area contributed by atoms with Crippen molar-refractivity contribution in [3.63, 3.8) is 0 Å². The van der Waals surface area contributed by atoms with Gasteiger partial charge in [0.25, 0.3) is 0 Å². The van der Waals surface area contributed by atoms with Crippen LogP contribution in [-0.4, -0.2) is 36.2 Å². The summed E-state index contributed by atoms with van der Waals surface area (Å²) in [5.74, 6) is 0.789. The lowest BCUT2D eigenvalue weighted by atomic mass is 9.98. The zero-order chi connectivity index (χ0) is 15.0. The molecule has 1 saturated heterocycles. The molecule has 1 fully saturated rings. The molecular formula is C14H25N3O2S. The van der Waals surface area contributed by atoms with E-state index in [4.69, 9.17) is 0 Å². The Balaban J connectivity index is 2.39. The van der Waals surface area contributed by atoms with Gasteiger partial charge in [0.1, 0.15) is 0 Å². The van der Waals surface area contributed by atoms with Crippen LogP contribution in [0.4, 0.5) is 0 Å². The molecule has 0 aliphatic carbocycles. The van der Waals surface area contributed by atoms with Crippen LogP contribution in [0.1, 0.15) is 51.3 Å². The second-order valence-corrected chi connectivity index (χ2v) is 8.42. The van der Waals surface area contributed by atoms with Crippen LogP contribution in [-0.2, 0) is 21.9 Å². The van der Waals surface area contributed by atoms with E-state index < -0.39 is 15.4 Å². The third-order valence-corrected chi connectivity index (χ3v) is 5.88. The maximum absolute atomic E-state index is 11.8. The smallest absolute Gasteiger partial charge is 0.152 e. The molecule has 0 bridgehead atoms. The minimum absolute atomic E-state index is 0.196. The number of aromatic nitrogens is 2. The molecule has 1 aromatic heterocycles.